The van der Waals surface area contributed by atoms with Crippen LogP contribution in [0.5, 0.6) is 0 Å². The van der Waals surface area contributed by atoms with Crippen LogP contribution in [0, 0.1) is 5.82 Å². The first-order valence-corrected chi connectivity index (χ1v) is 5.27. The first-order chi connectivity index (χ1) is 8.25. The molecule has 2 aromatic rings. The van der Waals surface area contributed by atoms with Crippen molar-refractivity contribution in [2.45, 2.75) is 6.54 Å². The molecule has 1 aliphatic heterocycles. The molecule has 17 heavy (non-hydrogen) atoms. The molecule has 1 aromatic heterocycles. The first-order valence-electron chi connectivity index (χ1n) is 5.27. The van der Waals surface area contributed by atoms with E-state index >= 15 is 0 Å². The van der Waals surface area contributed by atoms with E-state index in [1.165, 1.54) is 6.07 Å². The van der Waals surface area contributed by atoms with Gasteiger partial charge in [-0.25, -0.2) is 4.39 Å². The SMILES string of the molecule is O=C1NCc2cc(F)c(-c3cccnc3)cc21. The average Bonchev–Trinajstić information content (AvgIpc) is 2.70. The van der Waals surface area contributed by atoms with Crippen molar-refractivity contribution >= 4 is 5.91 Å². The van der Waals surface area contributed by atoms with Gasteiger partial charge in [0.05, 0.1) is 0 Å². The lowest BCUT2D eigenvalue weighted by molar-refractivity contribution is 0.0966. The van der Waals surface area contributed by atoms with Gasteiger partial charge in [-0.3, -0.25) is 9.78 Å². The van der Waals surface area contributed by atoms with Gasteiger partial charge in [0.1, 0.15) is 5.82 Å². The third-order valence-electron chi connectivity index (χ3n) is 2.85. The lowest BCUT2D eigenvalue weighted by Crippen LogP contribution is -2.12. The molecule has 0 unspecified atom stereocenters. The van der Waals surface area contributed by atoms with Crippen LogP contribution in [-0.4, -0.2) is 10.9 Å². The summed E-state index contributed by atoms with van der Waals surface area (Å²) >= 11 is 0. The molecule has 0 radical (unpaired) electrons. The summed E-state index contributed by atoms with van der Waals surface area (Å²) in [5, 5.41) is 2.67. The third-order valence-corrected chi connectivity index (χ3v) is 2.85. The van der Waals surface area contributed by atoms with Gasteiger partial charge < -0.3 is 5.32 Å². The van der Waals surface area contributed by atoms with E-state index in [-0.39, 0.29) is 11.7 Å². The molecular weight excluding hydrogens is 219 g/mol. The Morgan fingerprint density at radius 1 is 1.29 bits per heavy atom. The normalized spacial score (nSPS) is 13.4. The molecule has 1 amide bonds. The van der Waals surface area contributed by atoms with Gasteiger partial charge >= 0.3 is 0 Å². The second kappa shape index (κ2) is 3.66. The van der Waals surface area contributed by atoms with Crippen LogP contribution in [0.2, 0.25) is 0 Å². The number of aromatic nitrogens is 1. The molecule has 3 nitrogen and oxygen atoms in total. The number of halogens is 1. The molecule has 0 atom stereocenters. The standard InChI is InChI=1S/C13H9FN2O/c14-12-4-9-7-16-13(17)11(9)5-10(12)8-2-1-3-15-6-8/h1-6H,7H2,(H,16,17). The number of nitrogens with one attached hydrogen (secondary N) is 1. The van der Waals surface area contributed by atoms with Gasteiger partial charge in [-0.2, -0.15) is 0 Å². The Morgan fingerprint density at radius 3 is 2.94 bits per heavy atom. The fraction of sp³-hybridized carbons (Fsp3) is 0.0769. The average molecular weight is 228 g/mol. The summed E-state index contributed by atoms with van der Waals surface area (Å²) in [5.41, 5.74) is 2.34. The maximum absolute atomic E-state index is 13.9. The van der Waals surface area contributed by atoms with Gasteiger partial charge in [-0.15, -0.1) is 0 Å². The Balaban J connectivity index is 2.19. The van der Waals surface area contributed by atoms with Gasteiger partial charge in [0.2, 0.25) is 0 Å². The second-order valence-corrected chi connectivity index (χ2v) is 3.91. The molecule has 1 aliphatic rings. The number of rotatable bonds is 1. The van der Waals surface area contributed by atoms with Crippen LogP contribution >= 0.6 is 0 Å². The number of benzene rings is 1. The van der Waals surface area contributed by atoms with Gasteiger partial charge in [0.15, 0.2) is 0 Å². The summed E-state index contributed by atoms with van der Waals surface area (Å²) in [7, 11) is 0. The molecule has 0 aliphatic carbocycles. The molecule has 84 valence electrons. The minimum absolute atomic E-state index is 0.148. The topological polar surface area (TPSA) is 42.0 Å². The Kier molecular flexibility index (Phi) is 2.14. The van der Waals surface area contributed by atoms with Crippen LogP contribution in [0.3, 0.4) is 0 Å². The number of nitrogens with zero attached hydrogens (tertiary/aromatic N) is 1. The van der Waals surface area contributed by atoms with E-state index in [0.29, 0.717) is 28.8 Å². The third kappa shape index (κ3) is 1.58. The van der Waals surface area contributed by atoms with Crippen LogP contribution in [0.25, 0.3) is 11.1 Å². The van der Waals surface area contributed by atoms with E-state index in [9.17, 15) is 9.18 Å². The van der Waals surface area contributed by atoms with E-state index in [1.54, 1.807) is 30.6 Å². The quantitative estimate of drug-likeness (QED) is 0.812. The Labute approximate surface area is 97.3 Å². The number of hydrogen-bond donors (Lipinski definition) is 1. The smallest absolute Gasteiger partial charge is 0.251 e. The Morgan fingerprint density at radius 2 is 2.18 bits per heavy atom. The number of pyridine rings is 1. The predicted octanol–water partition coefficient (Wildman–Crippen LogP) is 2.13. The molecule has 0 fully saturated rings. The molecular formula is C13H9FN2O. The molecule has 0 saturated carbocycles. The fourth-order valence-electron chi connectivity index (χ4n) is 1.99. The van der Waals surface area contributed by atoms with E-state index < -0.39 is 0 Å². The maximum Gasteiger partial charge on any atom is 0.251 e. The molecule has 2 heterocycles. The fourth-order valence-corrected chi connectivity index (χ4v) is 1.99. The largest absolute Gasteiger partial charge is 0.348 e. The van der Waals surface area contributed by atoms with Crippen molar-refractivity contribution in [2.75, 3.05) is 0 Å². The van der Waals surface area contributed by atoms with Crippen molar-refractivity contribution in [1.29, 1.82) is 0 Å². The maximum atomic E-state index is 13.9. The number of amides is 1. The lowest BCUT2D eigenvalue weighted by Gasteiger charge is -2.05. The molecule has 4 heteroatoms. The minimum Gasteiger partial charge on any atom is -0.348 e. The van der Waals surface area contributed by atoms with Crippen LogP contribution in [0.4, 0.5) is 4.39 Å². The molecule has 3 rings (SSSR count). The van der Waals surface area contributed by atoms with Crippen molar-refractivity contribution in [1.82, 2.24) is 10.3 Å². The zero-order chi connectivity index (χ0) is 11.8. The monoisotopic (exact) mass is 228 g/mol. The minimum atomic E-state index is -0.326. The van der Waals surface area contributed by atoms with Crippen molar-refractivity contribution < 1.29 is 9.18 Å². The van der Waals surface area contributed by atoms with Crippen LogP contribution in [0.15, 0.2) is 36.7 Å². The number of carbonyl (C=O) groups excluding carboxylic acids is 1. The van der Waals surface area contributed by atoms with Crippen molar-refractivity contribution in [2.24, 2.45) is 0 Å². The van der Waals surface area contributed by atoms with Gasteiger partial charge in [-0.05, 0) is 23.8 Å². The summed E-state index contributed by atoms with van der Waals surface area (Å²) in [6, 6.07) is 6.51. The van der Waals surface area contributed by atoms with E-state index in [0.717, 1.165) is 0 Å². The Hall–Kier alpha value is -2.23. The summed E-state index contributed by atoms with van der Waals surface area (Å²) in [6.07, 6.45) is 3.21. The highest BCUT2D eigenvalue weighted by Gasteiger charge is 2.21. The van der Waals surface area contributed by atoms with Crippen molar-refractivity contribution in [3.05, 3.63) is 53.6 Å². The summed E-state index contributed by atoms with van der Waals surface area (Å²) in [4.78, 5) is 15.5. The lowest BCUT2D eigenvalue weighted by atomic mass is 10.0. The van der Waals surface area contributed by atoms with Crippen molar-refractivity contribution in [3.63, 3.8) is 0 Å². The summed E-state index contributed by atoms with van der Waals surface area (Å²) in [5.74, 6) is -0.474. The highest BCUT2D eigenvalue weighted by atomic mass is 19.1. The summed E-state index contributed by atoms with van der Waals surface area (Å²) in [6.45, 7) is 0.401. The van der Waals surface area contributed by atoms with E-state index in [2.05, 4.69) is 10.3 Å². The number of fused-ring (bicyclic) bond motifs is 1. The molecule has 1 aromatic carbocycles. The van der Waals surface area contributed by atoms with Crippen LogP contribution < -0.4 is 5.32 Å². The van der Waals surface area contributed by atoms with E-state index in [1.807, 2.05) is 0 Å². The molecule has 0 bridgehead atoms. The van der Waals surface area contributed by atoms with Gasteiger partial charge in [0.25, 0.3) is 5.91 Å². The highest BCUT2D eigenvalue weighted by Crippen LogP contribution is 2.27. The van der Waals surface area contributed by atoms with E-state index in [4.69, 9.17) is 0 Å². The molecule has 1 N–H and O–H groups in total. The Bertz CT molecular complexity index is 596. The first kappa shape index (κ1) is 9.96. The number of carbonyl (C=O) groups is 1. The van der Waals surface area contributed by atoms with Crippen molar-refractivity contribution in [3.8, 4) is 11.1 Å². The summed E-state index contributed by atoms with van der Waals surface area (Å²) < 4.78 is 13.9. The van der Waals surface area contributed by atoms with Gasteiger partial charge in [0, 0.05) is 35.6 Å². The molecule has 0 saturated heterocycles. The zero-order valence-corrected chi connectivity index (χ0v) is 8.90. The van der Waals surface area contributed by atoms with Crippen LogP contribution in [-0.2, 0) is 6.54 Å². The molecule has 0 spiro atoms. The zero-order valence-electron chi connectivity index (χ0n) is 8.90. The van der Waals surface area contributed by atoms with Gasteiger partial charge in [-0.1, -0.05) is 6.07 Å². The number of hydrogen-bond acceptors (Lipinski definition) is 2. The predicted molar refractivity (Wildman–Crippen MR) is 60.8 cm³/mol. The second-order valence-electron chi connectivity index (χ2n) is 3.91. The highest BCUT2D eigenvalue weighted by molar-refractivity contribution is 5.99. The van der Waals surface area contributed by atoms with Crippen LogP contribution in [0.1, 0.15) is 15.9 Å².